The number of rotatable bonds is 4. The van der Waals surface area contributed by atoms with Gasteiger partial charge in [-0.05, 0) is 69.4 Å². The maximum atomic E-state index is 5.98. The van der Waals surface area contributed by atoms with Crippen LogP contribution in [0.25, 0.3) is 33.7 Å². The van der Waals surface area contributed by atoms with Crippen molar-refractivity contribution in [3.63, 3.8) is 0 Å². The Morgan fingerprint density at radius 2 is 1.11 bits per heavy atom. The predicted molar refractivity (Wildman–Crippen MR) is 177 cm³/mol. The van der Waals surface area contributed by atoms with E-state index < -0.39 is 0 Å². The number of hydrogen-bond acceptors (Lipinski definition) is 7. The van der Waals surface area contributed by atoms with Crippen molar-refractivity contribution in [2.75, 3.05) is 36.0 Å². The van der Waals surface area contributed by atoms with E-state index >= 15 is 0 Å². The standard InChI is InChI=1S/C17H17ClN4.C16H16ClN5/c1-12-10-16(21-8-2-3-9-21)22-17(20-12)15(11-19-22)13-4-6-14(18)7-5-13;1-11-10-14(21-8-2-3-9-21)22-16(18-11)15(19-20-22)12-4-6-13(17)7-5-12/h4-7,10-11H,2-3,8-9H2,1H3;4-7,10H,2-3,8-9H2,1H3. The zero-order valence-corrected chi connectivity index (χ0v) is 26.3. The molecular weight excluding hydrogens is 593 g/mol. The summed E-state index contributed by atoms with van der Waals surface area (Å²) < 4.78 is 3.81. The van der Waals surface area contributed by atoms with Gasteiger partial charge < -0.3 is 9.80 Å². The highest BCUT2D eigenvalue weighted by Crippen LogP contribution is 2.30. The molecule has 224 valence electrons. The summed E-state index contributed by atoms with van der Waals surface area (Å²) in [6.45, 7) is 8.36. The highest BCUT2D eigenvalue weighted by Gasteiger charge is 2.21. The highest BCUT2D eigenvalue weighted by molar-refractivity contribution is 6.31. The molecule has 0 amide bonds. The molecule has 0 atom stereocenters. The molecule has 2 aromatic carbocycles. The predicted octanol–water partition coefficient (Wildman–Crippen LogP) is 7.31. The summed E-state index contributed by atoms with van der Waals surface area (Å²) in [6, 6.07) is 19.7. The van der Waals surface area contributed by atoms with E-state index in [1.54, 1.807) is 0 Å². The molecule has 0 N–H and O–H groups in total. The Balaban J connectivity index is 0.000000142. The average Bonchev–Trinajstić information content (AvgIpc) is 3.85. The quantitative estimate of drug-likeness (QED) is 0.203. The minimum Gasteiger partial charge on any atom is -0.356 e. The van der Waals surface area contributed by atoms with Gasteiger partial charge in [-0.2, -0.15) is 14.1 Å². The number of fused-ring (bicyclic) bond motifs is 2. The van der Waals surface area contributed by atoms with Crippen LogP contribution < -0.4 is 9.80 Å². The molecule has 0 unspecified atom stereocenters. The van der Waals surface area contributed by atoms with Gasteiger partial charge in [-0.15, -0.1) is 5.10 Å². The number of aryl methyl sites for hydroxylation is 2. The van der Waals surface area contributed by atoms with E-state index in [9.17, 15) is 0 Å². The Kier molecular flexibility index (Phi) is 7.82. The van der Waals surface area contributed by atoms with Crippen LogP contribution in [0.5, 0.6) is 0 Å². The van der Waals surface area contributed by atoms with E-state index in [4.69, 9.17) is 28.2 Å². The summed E-state index contributed by atoms with van der Waals surface area (Å²) in [4.78, 5) is 14.1. The molecule has 0 aliphatic carbocycles. The maximum Gasteiger partial charge on any atom is 0.186 e. The lowest BCUT2D eigenvalue weighted by Crippen LogP contribution is -2.21. The third-order valence-electron chi connectivity index (χ3n) is 8.20. The van der Waals surface area contributed by atoms with Crippen LogP contribution in [-0.4, -0.2) is 60.6 Å². The Morgan fingerprint density at radius 1 is 0.614 bits per heavy atom. The Morgan fingerprint density at radius 3 is 1.68 bits per heavy atom. The fraction of sp³-hybridized carbons (Fsp3) is 0.303. The van der Waals surface area contributed by atoms with Crippen LogP contribution >= 0.6 is 23.2 Å². The van der Waals surface area contributed by atoms with Crippen molar-refractivity contribution in [3.8, 4) is 22.4 Å². The minimum atomic E-state index is 0.710. The zero-order valence-electron chi connectivity index (χ0n) is 24.8. The second-order valence-electron chi connectivity index (χ2n) is 11.4. The van der Waals surface area contributed by atoms with E-state index in [2.05, 4.69) is 42.3 Å². The van der Waals surface area contributed by atoms with Crippen molar-refractivity contribution >= 4 is 46.1 Å². The van der Waals surface area contributed by atoms with Crippen molar-refractivity contribution in [1.29, 1.82) is 0 Å². The van der Waals surface area contributed by atoms with Gasteiger partial charge in [0.2, 0.25) is 0 Å². The lowest BCUT2D eigenvalue weighted by Gasteiger charge is -2.18. The lowest BCUT2D eigenvalue weighted by atomic mass is 10.1. The Bertz CT molecular complexity index is 1780. The summed E-state index contributed by atoms with van der Waals surface area (Å²) in [5.41, 5.74) is 7.60. The molecule has 2 aliphatic heterocycles. The molecule has 2 aliphatic rings. The third kappa shape index (κ3) is 5.57. The number of nitrogens with zero attached hydrogens (tertiary/aromatic N) is 9. The van der Waals surface area contributed by atoms with Crippen molar-refractivity contribution in [2.45, 2.75) is 39.5 Å². The first-order chi connectivity index (χ1) is 21.4. The van der Waals surface area contributed by atoms with E-state index in [0.717, 1.165) is 87.9 Å². The van der Waals surface area contributed by atoms with Gasteiger partial charge in [-0.3, -0.25) is 0 Å². The zero-order chi connectivity index (χ0) is 30.2. The summed E-state index contributed by atoms with van der Waals surface area (Å²) in [5, 5.41) is 14.7. The maximum absolute atomic E-state index is 5.98. The molecule has 2 fully saturated rings. The molecule has 0 radical (unpaired) electrons. The molecule has 8 rings (SSSR count). The second-order valence-corrected chi connectivity index (χ2v) is 12.3. The van der Waals surface area contributed by atoms with Gasteiger partial charge in [0.15, 0.2) is 11.3 Å². The molecule has 0 spiro atoms. The summed E-state index contributed by atoms with van der Waals surface area (Å²) >= 11 is 11.9. The van der Waals surface area contributed by atoms with Gasteiger partial charge in [0.1, 0.15) is 17.3 Å². The molecule has 6 heterocycles. The fourth-order valence-electron chi connectivity index (χ4n) is 6.01. The van der Waals surface area contributed by atoms with Crippen molar-refractivity contribution in [2.24, 2.45) is 0 Å². The molecule has 9 nitrogen and oxygen atoms in total. The largest absolute Gasteiger partial charge is 0.356 e. The van der Waals surface area contributed by atoms with Crippen LogP contribution in [0.1, 0.15) is 37.1 Å². The summed E-state index contributed by atoms with van der Waals surface area (Å²) in [6.07, 6.45) is 6.83. The van der Waals surface area contributed by atoms with Crippen LogP contribution in [-0.2, 0) is 0 Å². The van der Waals surface area contributed by atoms with Crippen molar-refractivity contribution < 1.29 is 0 Å². The van der Waals surface area contributed by atoms with Gasteiger partial charge in [0, 0.05) is 70.9 Å². The molecule has 11 heteroatoms. The Hall–Kier alpha value is -4.21. The molecule has 0 bridgehead atoms. The highest BCUT2D eigenvalue weighted by atomic mass is 35.5. The molecule has 6 aromatic rings. The van der Waals surface area contributed by atoms with E-state index in [1.165, 1.54) is 25.7 Å². The van der Waals surface area contributed by atoms with Gasteiger partial charge in [-0.1, -0.05) is 52.7 Å². The van der Waals surface area contributed by atoms with Crippen LogP contribution in [0.4, 0.5) is 11.6 Å². The summed E-state index contributed by atoms with van der Waals surface area (Å²) in [5.74, 6) is 2.22. The first-order valence-electron chi connectivity index (χ1n) is 15.0. The van der Waals surface area contributed by atoms with Crippen LogP contribution in [0.2, 0.25) is 10.0 Å². The number of hydrogen-bond donors (Lipinski definition) is 0. The van der Waals surface area contributed by atoms with Crippen molar-refractivity contribution in [1.82, 2.24) is 34.4 Å². The SMILES string of the molecule is Cc1cc(N2CCCC2)n2ncc(-c3ccc(Cl)cc3)c2n1.Cc1cc(N2CCCC2)n2nnc(-c3ccc(Cl)cc3)c2n1. The number of anilines is 2. The monoisotopic (exact) mass is 625 g/mol. The molecule has 44 heavy (non-hydrogen) atoms. The fourth-order valence-corrected chi connectivity index (χ4v) is 6.27. The van der Waals surface area contributed by atoms with Crippen LogP contribution in [0.15, 0.2) is 66.9 Å². The van der Waals surface area contributed by atoms with Crippen LogP contribution in [0.3, 0.4) is 0 Å². The van der Waals surface area contributed by atoms with Gasteiger partial charge in [0.25, 0.3) is 0 Å². The van der Waals surface area contributed by atoms with E-state index in [1.807, 2.05) is 77.6 Å². The van der Waals surface area contributed by atoms with Gasteiger partial charge in [-0.25, -0.2) is 9.97 Å². The molecule has 4 aromatic heterocycles. The Labute approximate surface area is 266 Å². The molecule has 2 saturated heterocycles. The molecular formula is C33H33Cl2N9. The van der Waals surface area contributed by atoms with E-state index in [-0.39, 0.29) is 0 Å². The lowest BCUT2D eigenvalue weighted by molar-refractivity contribution is 0.801. The first-order valence-corrected chi connectivity index (χ1v) is 15.8. The van der Waals surface area contributed by atoms with Crippen molar-refractivity contribution in [3.05, 3.63) is 88.3 Å². The smallest absolute Gasteiger partial charge is 0.186 e. The van der Waals surface area contributed by atoms with Crippen LogP contribution in [0, 0.1) is 13.8 Å². The second kappa shape index (κ2) is 12.1. The summed E-state index contributed by atoms with van der Waals surface area (Å²) in [7, 11) is 0. The minimum absolute atomic E-state index is 0.710. The van der Waals surface area contributed by atoms with E-state index in [0.29, 0.717) is 5.02 Å². The van der Waals surface area contributed by atoms with Gasteiger partial charge >= 0.3 is 0 Å². The number of benzene rings is 2. The normalized spacial score (nSPS) is 14.9. The first kappa shape index (κ1) is 28.6. The third-order valence-corrected chi connectivity index (χ3v) is 8.70. The number of halogens is 2. The van der Waals surface area contributed by atoms with Gasteiger partial charge in [0.05, 0.1) is 6.20 Å². The average molecular weight is 627 g/mol. The number of aromatic nitrogens is 7. The topological polar surface area (TPSA) is 79.8 Å². The molecule has 0 saturated carbocycles.